The number of hydrogen-bond donors (Lipinski definition) is 0. The van der Waals surface area contributed by atoms with Crippen LogP contribution in [-0.2, 0) is 43.3 Å². The van der Waals surface area contributed by atoms with Crippen LogP contribution in [0.3, 0.4) is 0 Å². The average molecular weight is 654 g/mol. The molecule has 0 saturated carbocycles. The Balaban J connectivity index is 1.77. The van der Waals surface area contributed by atoms with Crippen molar-refractivity contribution in [1.82, 2.24) is 4.31 Å². The highest BCUT2D eigenvalue weighted by atomic mass is 35.5. The molecule has 4 aromatic rings. The summed E-state index contributed by atoms with van der Waals surface area (Å²) in [6.45, 7) is -0.115. The SMILES string of the molecule is COc1ccccc1S(=O)(=O)N(Cc1ccc(CP(=O)(OF)OF)c(Cl)c1)Cc1ccccc1-c1cccc(SC)c1. The maximum absolute atomic E-state index is 14.1. The zero-order valence-corrected chi connectivity index (χ0v) is 25.9. The van der Waals surface area contributed by atoms with Gasteiger partial charge in [0.1, 0.15) is 10.6 Å². The first-order valence-corrected chi connectivity index (χ1v) is 17.2. The molecular weight excluding hydrogens is 627 g/mol. The highest BCUT2D eigenvalue weighted by molar-refractivity contribution is 7.98. The fraction of sp³-hybridized carbons (Fsp3) is 0.172. The molecule has 0 aromatic heterocycles. The summed E-state index contributed by atoms with van der Waals surface area (Å²) in [6.07, 6.45) is 1.22. The monoisotopic (exact) mass is 653 g/mol. The average Bonchev–Trinajstić information content (AvgIpc) is 3.02. The number of benzene rings is 4. The van der Waals surface area contributed by atoms with Crippen LogP contribution in [-0.4, -0.2) is 26.1 Å². The van der Waals surface area contributed by atoms with Crippen molar-refractivity contribution in [2.24, 2.45) is 0 Å². The van der Waals surface area contributed by atoms with Crippen molar-refractivity contribution in [2.45, 2.75) is 29.0 Å². The Hall–Kier alpha value is -2.76. The Kier molecular flexibility index (Phi) is 10.8. The standard InChI is InChI=1S/C29H27ClF2NO6PS2/c1-37-28-12-5-6-13-29(28)42(35,36)33(18-21-14-15-24(27(30)16-21)20-40(34,38-31)39-32)19-23-8-3-4-11-26(23)22-9-7-10-25(17-22)41-2/h3-17H,18-20H2,1-2H3. The van der Waals surface area contributed by atoms with E-state index in [9.17, 15) is 22.0 Å². The van der Waals surface area contributed by atoms with Gasteiger partial charge in [-0.2, -0.15) is 4.31 Å². The third-order valence-corrected chi connectivity index (χ3v) is 10.5. The minimum absolute atomic E-state index is 0.00000560. The molecule has 0 spiro atoms. The van der Waals surface area contributed by atoms with Crippen molar-refractivity contribution in [2.75, 3.05) is 13.4 Å². The zero-order valence-electron chi connectivity index (χ0n) is 22.6. The second kappa shape index (κ2) is 14.1. The van der Waals surface area contributed by atoms with Crippen LogP contribution in [0.5, 0.6) is 5.75 Å². The third kappa shape index (κ3) is 7.41. The first-order valence-electron chi connectivity index (χ1n) is 12.5. The number of halogens is 3. The second-order valence-electron chi connectivity index (χ2n) is 9.15. The van der Waals surface area contributed by atoms with Gasteiger partial charge < -0.3 is 4.74 Å². The number of sulfonamides is 1. The molecule has 0 heterocycles. The molecular formula is C29H27ClF2NO6PS2. The molecule has 42 heavy (non-hydrogen) atoms. The van der Waals surface area contributed by atoms with Gasteiger partial charge in [0.2, 0.25) is 10.0 Å². The van der Waals surface area contributed by atoms with E-state index in [1.807, 2.05) is 54.8 Å². The first kappa shape index (κ1) is 32.2. The predicted octanol–water partition coefficient (Wildman–Crippen LogP) is 8.62. The highest BCUT2D eigenvalue weighted by Gasteiger charge is 2.31. The molecule has 0 fully saturated rings. The molecule has 0 saturated heterocycles. The van der Waals surface area contributed by atoms with E-state index >= 15 is 0 Å². The number of para-hydroxylation sites is 1. The van der Waals surface area contributed by atoms with Crippen LogP contribution in [0.2, 0.25) is 5.02 Å². The largest absolute Gasteiger partial charge is 0.495 e. The summed E-state index contributed by atoms with van der Waals surface area (Å²) in [7, 11) is -7.41. The van der Waals surface area contributed by atoms with Crippen LogP contribution in [0.1, 0.15) is 16.7 Å². The van der Waals surface area contributed by atoms with Crippen LogP contribution in [0, 0.1) is 0 Å². The van der Waals surface area contributed by atoms with E-state index in [2.05, 4.69) is 9.46 Å². The third-order valence-electron chi connectivity index (χ3n) is 6.48. The number of thioether (sulfide) groups is 1. The molecule has 13 heteroatoms. The molecule has 0 bridgehead atoms. The molecule has 0 radical (unpaired) electrons. The summed E-state index contributed by atoms with van der Waals surface area (Å²) >= 11 is 7.94. The molecule has 0 atom stereocenters. The smallest absolute Gasteiger partial charge is 0.399 e. The van der Waals surface area contributed by atoms with Crippen molar-refractivity contribution in [1.29, 1.82) is 0 Å². The van der Waals surface area contributed by atoms with E-state index in [4.69, 9.17) is 16.3 Å². The number of ether oxygens (including phenoxy) is 1. The molecule has 0 aliphatic rings. The van der Waals surface area contributed by atoms with Crippen LogP contribution < -0.4 is 4.74 Å². The number of hydrogen-bond acceptors (Lipinski definition) is 7. The first-order chi connectivity index (χ1) is 20.1. The minimum Gasteiger partial charge on any atom is -0.495 e. The summed E-state index contributed by atoms with van der Waals surface area (Å²) in [5.74, 6) is 0.185. The Morgan fingerprint density at radius 2 is 1.60 bits per heavy atom. The maximum atomic E-state index is 14.1. The van der Waals surface area contributed by atoms with E-state index in [0.717, 1.165) is 21.6 Å². The maximum Gasteiger partial charge on any atom is 0.399 e. The van der Waals surface area contributed by atoms with E-state index < -0.39 is 23.8 Å². The number of nitrogens with zero attached hydrogens (tertiary/aromatic N) is 1. The summed E-state index contributed by atoms with van der Waals surface area (Å²) in [5.41, 5.74) is 3.14. The van der Waals surface area contributed by atoms with Gasteiger partial charge in [0, 0.05) is 23.0 Å². The second-order valence-corrected chi connectivity index (χ2v) is 14.2. The number of rotatable bonds is 13. The lowest BCUT2D eigenvalue weighted by atomic mass is 9.99. The van der Waals surface area contributed by atoms with E-state index in [1.165, 1.54) is 35.7 Å². The van der Waals surface area contributed by atoms with E-state index in [1.54, 1.807) is 30.0 Å². The van der Waals surface area contributed by atoms with Gasteiger partial charge >= 0.3 is 7.60 Å². The topological polar surface area (TPSA) is 82.1 Å². The molecule has 7 nitrogen and oxygen atoms in total. The summed E-state index contributed by atoms with van der Waals surface area (Å²) in [6, 6.07) is 26.2. The van der Waals surface area contributed by atoms with Crippen molar-refractivity contribution in [3.8, 4) is 16.9 Å². The molecule has 0 amide bonds. The lowest BCUT2D eigenvalue weighted by Gasteiger charge is -2.25. The molecule has 0 aliphatic carbocycles. The van der Waals surface area contributed by atoms with Gasteiger partial charge in [-0.05, 0) is 73.5 Å². The van der Waals surface area contributed by atoms with Crippen LogP contribution in [0.15, 0.2) is 101 Å². The van der Waals surface area contributed by atoms with Gasteiger partial charge in [-0.3, -0.25) is 4.57 Å². The van der Waals surface area contributed by atoms with E-state index in [-0.39, 0.29) is 34.3 Å². The van der Waals surface area contributed by atoms with Gasteiger partial charge in [-0.25, -0.2) is 8.42 Å². The van der Waals surface area contributed by atoms with Crippen molar-refractivity contribution in [3.63, 3.8) is 0 Å². The van der Waals surface area contributed by atoms with Crippen LogP contribution >= 0.6 is 31.0 Å². The van der Waals surface area contributed by atoms with Crippen molar-refractivity contribution in [3.05, 3.63) is 113 Å². The van der Waals surface area contributed by atoms with Crippen LogP contribution in [0.25, 0.3) is 11.1 Å². The van der Waals surface area contributed by atoms with Gasteiger partial charge in [-0.15, -0.1) is 21.2 Å². The fourth-order valence-corrected chi connectivity index (χ4v) is 7.60. The Morgan fingerprint density at radius 1 is 0.881 bits per heavy atom. The lowest BCUT2D eigenvalue weighted by molar-refractivity contribution is -0.0881. The molecule has 0 unspecified atom stereocenters. The Morgan fingerprint density at radius 3 is 2.29 bits per heavy atom. The summed E-state index contributed by atoms with van der Waals surface area (Å²) < 4.78 is 78.5. The van der Waals surface area contributed by atoms with Gasteiger partial charge in [0.05, 0.1) is 13.3 Å². The predicted molar refractivity (Wildman–Crippen MR) is 160 cm³/mol. The van der Waals surface area contributed by atoms with Crippen molar-refractivity contribution >= 4 is 41.0 Å². The van der Waals surface area contributed by atoms with Crippen molar-refractivity contribution < 1.29 is 36.2 Å². The Bertz CT molecular complexity index is 1700. The fourth-order valence-electron chi connectivity index (χ4n) is 4.41. The van der Waals surface area contributed by atoms with Crippen LogP contribution in [0.4, 0.5) is 9.05 Å². The highest BCUT2D eigenvalue weighted by Crippen LogP contribution is 2.53. The zero-order chi connectivity index (χ0) is 30.3. The lowest BCUT2D eigenvalue weighted by Crippen LogP contribution is -2.31. The molecule has 4 rings (SSSR count). The summed E-state index contributed by atoms with van der Waals surface area (Å²) in [4.78, 5) is 1.05. The van der Waals surface area contributed by atoms with Gasteiger partial charge in [0.25, 0.3) is 0 Å². The van der Waals surface area contributed by atoms with Gasteiger partial charge in [-0.1, -0.05) is 72.3 Å². The van der Waals surface area contributed by atoms with E-state index in [0.29, 0.717) is 5.56 Å². The minimum atomic E-state index is -4.67. The van der Waals surface area contributed by atoms with Gasteiger partial charge in [0.15, 0.2) is 0 Å². The quantitative estimate of drug-likeness (QED) is 0.106. The number of methoxy groups -OCH3 is 1. The summed E-state index contributed by atoms with van der Waals surface area (Å²) in [5, 5.41) is 0.00532. The normalized spacial score (nSPS) is 12.0. The molecule has 222 valence electrons. The molecule has 0 N–H and O–H groups in total. The molecule has 0 aliphatic heterocycles. The Labute approximate surface area is 252 Å². The molecule has 4 aromatic carbocycles.